The summed E-state index contributed by atoms with van der Waals surface area (Å²) < 4.78 is 64.4. The molecule has 0 atom stereocenters. The minimum Gasteiger partial charge on any atom is -0.368 e. The van der Waals surface area contributed by atoms with Gasteiger partial charge in [0, 0.05) is 19.6 Å². The van der Waals surface area contributed by atoms with Crippen molar-refractivity contribution >= 4 is 66.6 Å². The predicted octanol–water partition coefficient (Wildman–Crippen LogP) is 7.06. The van der Waals surface area contributed by atoms with Crippen LogP contribution in [0.2, 0.25) is 10.0 Å². The van der Waals surface area contributed by atoms with Crippen LogP contribution >= 0.6 is 23.2 Å². The van der Waals surface area contributed by atoms with Crippen LogP contribution < -0.4 is 10.2 Å². The third-order valence-electron chi connectivity index (χ3n) is 6.36. The molecule has 12 nitrogen and oxygen atoms in total. The second-order valence-corrected chi connectivity index (χ2v) is 13.3. The van der Waals surface area contributed by atoms with Crippen molar-refractivity contribution < 1.29 is 25.9 Å². The zero-order valence-corrected chi connectivity index (χ0v) is 27.1. The second kappa shape index (κ2) is 15.2. The average molecular weight is 674 g/mol. The van der Waals surface area contributed by atoms with Crippen molar-refractivity contribution in [2.45, 2.75) is 62.7 Å². The van der Waals surface area contributed by atoms with Gasteiger partial charge in [0.1, 0.15) is 16.3 Å². The average Bonchev–Trinajstić information content (AvgIpc) is 2.93. The van der Waals surface area contributed by atoms with E-state index in [4.69, 9.17) is 33.2 Å². The van der Waals surface area contributed by atoms with Crippen LogP contribution in [0.25, 0.3) is 0 Å². The fourth-order valence-corrected chi connectivity index (χ4v) is 5.76. The van der Waals surface area contributed by atoms with Gasteiger partial charge in [-0.25, -0.2) is 4.98 Å². The molecule has 3 rings (SSSR count). The van der Waals surface area contributed by atoms with Gasteiger partial charge in [0.25, 0.3) is 20.2 Å². The smallest absolute Gasteiger partial charge is 0.296 e. The van der Waals surface area contributed by atoms with E-state index in [-0.39, 0.29) is 20.6 Å². The lowest BCUT2D eigenvalue weighted by Gasteiger charge is -2.24. The van der Waals surface area contributed by atoms with Crippen molar-refractivity contribution in [1.82, 2.24) is 9.97 Å². The fraction of sp³-hybridized carbons (Fsp3) is 0.407. The monoisotopic (exact) mass is 672 g/mol. The highest BCUT2D eigenvalue weighted by Crippen LogP contribution is 2.36. The molecule has 0 amide bonds. The number of aromatic nitrogens is 2. The predicted molar refractivity (Wildman–Crippen MR) is 168 cm³/mol. The zero-order chi connectivity index (χ0) is 31.8. The highest BCUT2D eigenvalue weighted by molar-refractivity contribution is 7.86. The van der Waals surface area contributed by atoms with Crippen LogP contribution in [0.4, 0.5) is 23.1 Å². The van der Waals surface area contributed by atoms with Gasteiger partial charge in [-0.15, -0.1) is 10.2 Å². The summed E-state index contributed by atoms with van der Waals surface area (Å²) in [5.74, 6) is 0.938. The molecule has 234 valence electrons. The molecule has 3 N–H and O–H groups in total. The number of nitrogens with one attached hydrogen (secondary N) is 1. The topological polar surface area (TPSA) is 175 Å². The summed E-state index contributed by atoms with van der Waals surface area (Å²) in [4.78, 5) is 10.9. The van der Waals surface area contributed by atoms with E-state index in [9.17, 15) is 25.9 Å². The number of benzene rings is 2. The molecule has 0 aliphatic heterocycles. The number of rotatable bonds is 15. The van der Waals surface area contributed by atoms with Crippen molar-refractivity contribution in [3.05, 3.63) is 57.7 Å². The van der Waals surface area contributed by atoms with Gasteiger partial charge >= 0.3 is 0 Å². The van der Waals surface area contributed by atoms with Crippen LogP contribution in [0.15, 0.2) is 56.4 Å². The first-order chi connectivity index (χ1) is 20.2. The Morgan fingerprint density at radius 1 is 0.884 bits per heavy atom. The number of nitrogens with zero attached hydrogens (tertiary/aromatic N) is 5. The van der Waals surface area contributed by atoms with Gasteiger partial charge in [-0.05, 0) is 56.0 Å². The number of hydrogen-bond acceptors (Lipinski definition) is 10. The number of hydrogen-bond donors (Lipinski definition) is 3. The van der Waals surface area contributed by atoms with Crippen LogP contribution in [0.5, 0.6) is 0 Å². The Hall–Kier alpha value is -2.88. The maximum atomic E-state index is 11.6. The van der Waals surface area contributed by atoms with Crippen molar-refractivity contribution in [1.29, 1.82) is 0 Å². The standard InChI is InChI=1S/C27H34Cl2N6O6S2/c1-4-6-14-35(15-7-5-2)27-31-18(3)25(34-33-23-16-22(29)24(17-21(23)28)43(39,40)41)26(32-27)30-13-12-19-8-10-20(11-9-19)42(36,37)38/h8-11,16-17H,4-7,12-15H2,1-3H3,(H,30,31,32)(H,36,37,38)(H,39,40,41). The molecule has 3 aromatic rings. The van der Waals surface area contributed by atoms with Gasteiger partial charge in [-0.3, -0.25) is 9.11 Å². The van der Waals surface area contributed by atoms with Gasteiger partial charge in [0.15, 0.2) is 5.82 Å². The Balaban J connectivity index is 1.97. The van der Waals surface area contributed by atoms with E-state index in [1.807, 2.05) is 0 Å². The van der Waals surface area contributed by atoms with E-state index >= 15 is 0 Å². The van der Waals surface area contributed by atoms with E-state index in [1.165, 1.54) is 18.2 Å². The first-order valence-corrected chi connectivity index (χ1v) is 17.2. The van der Waals surface area contributed by atoms with Crippen LogP contribution in [0.3, 0.4) is 0 Å². The lowest BCUT2D eigenvalue weighted by molar-refractivity contribution is 0.481. The summed E-state index contributed by atoms with van der Waals surface area (Å²) in [6.45, 7) is 7.96. The Morgan fingerprint density at radius 2 is 1.51 bits per heavy atom. The van der Waals surface area contributed by atoms with E-state index in [0.717, 1.165) is 50.4 Å². The van der Waals surface area contributed by atoms with Gasteiger partial charge in [0.05, 0.1) is 20.6 Å². The molecule has 1 aromatic heterocycles. The molecule has 0 aliphatic rings. The molecular formula is C27H34Cl2N6O6S2. The van der Waals surface area contributed by atoms with Gasteiger partial charge in [0.2, 0.25) is 5.95 Å². The van der Waals surface area contributed by atoms with Gasteiger partial charge in [-0.2, -0.15) is 21.8 Å². The Bertz CT molecular complexity index is 1660. The van der Waals surface area contributed by atoms with Crippen LogP contribution in [0.1, 0.15) is 50.8 Å². The summed E-state index contributed by atoms with van der Waals surface area (Å²) in [5, 5.41) is 11.4. The van der Waals surface area contributed by atoms with Gasteiger partial charge < -0.3 is 10.2 Å². The molecule has 0 saturated carbocycles. The molecule has 0 radical (unpaired) electrons. The highest BCUT2D eigenvalue weighted by atomic mass is 35.5. The van der Waals surface area contributed by atoms with Crippen LogP contribution in [0, 0.1) is 6.92 Å². The Kier molecular flexibility index (Phi) is 12.2. The first kappa shape index (κ1) is 34.6. The molecule has 0 aliphatic carbocycles. The second-order valence-electron chi connectivity index (χ2n) is 9.71. The van der Waals surface area contributed by atoms with E-state index < -0.39 is 25.1 Å². The van der Waals surface area contributed by atoms with Gasteiger partial charge in [-0.1, -0.05) is 62.0 Å². The lowest BCUT2D eigenvalue weighted by Crippen LogP contribution is -2.28. The van der Waals surface area contributed by atoms with E-state index in [1.54, 1.807) is 19.1 Å². The maximum absolute atomic E-state index is 11.6. The minimum absolute atomic E-state index is 0.0694. The quantitative estimate of drug-likeness (QED) is 0.112. The Morgan fingerprint density at radius 3 is 2.07 bits per heavy atom. The van der Waals surface area contributed by atoms with Crippen LogP contribution in [-0.2, 0) is 26.7 Å². The third-order valence-corrected chi connectivity index (χ3v) is 8.85. The molecule has 1 heterocycles. The maximum Gasteiger partial charge on any atom is 0.296 e. The largest absolute Gasteiger partial charge is 0.368 e. The molecule has 0 spiro atoms. The molecule has 0 bridgehead atoms. The highest BCUT2D eigenvalue weighted by Gasteiger charge is 2.19. The molecule has 0 saturated heterocycles. The fourth-order valence-electron chi connectivity index (χ4n) is 4.00. The van der Waals surface area contributed by atoms with E-state index in [2.05, 4.69) is 34.3 Å². The molecule has 0 fully saturated rings. The van der Waals surface area contributed by atoms with Crippen molar-refractivity contribution in [3.8, 4) is 0 Å². The van der Waals surface area contributed by atoms with Crippen molar-refractivity contribution in [3.63, 3.8) is 0 Å². The molecule has 2 aromatic carbocycles. The number of anilines is 2. The normalized spacial score (nSPS) is 12.2. The lowest BCUT2D eigenvalue weighted by atomic mass is 10.1. The minimum atomic E-state index is -4.59. The third kappa shape index (κ3) is 9.81. The summed E-state index contributed by atoms with van der Waals surface area (Å²) in [5.41, 5.74) is 1.74. The zero-order valence-electron chi connectivity index (χ0n) is 24.0. The van der Waals surface area contributed by atoms with Crippen LogP contribution in [-0.4, -0.2) is 55.5 Å². The molecular weight excluding hydrogens is 639 g/mol. The summed E-state index contributed by atoms with van der Waals surface area (Å²) >= 11 is 12.3. The number of aryl methyl sites for hydroxylation is 1. The van der Waals surface area contributed by atoms with Crippen molar-refractivity contribution in [2.75, 3.05) is 29.9 Å². The summed E-state index contributed by atoms with van der Waals surface area (Å²) in [7, 11) is -8.87. The summed E-state index contributed by atoms with van der Waals surface area (Å²) in [6.07, 6.45) is 4.45. The Labute approximate surface area is 262 Å². The van der Waals surface area contributed by atoms with E-state index in [0.29, 0.717) is 36.1 Å². The number of halogens is 2. The molecule has 43 heavy (non-hydrogen) atoms. The SMILES string of the molecule is CCCCN(CCCC)c1nc(C)c(N=Nc2cc(Cl)c(S(=O)(=O)O)cc2Cl)c(NCCc2ccc(S(=O)(=O)O)cc2)n1. The summed E-state index contributed by atoms with van der Waals surface area (Å²) in [6, 6.07) is 8.06. The molecule has 16 heteroatoms. The number of unbranched alkanes of at least 4 members (excludes halogenated alkanes) is 2. The number of azo groups is 1. The first-order valence-electron chi connectivity index (χ1n) is 13.6. The van der Waals surface area contributed by atoms with Crippen molar-refractivity contribution in [2.24, 2.45) is 10.2 Å². The molecule has 0 unspecified atom stereocenters.